The second-order valence-corrected chi connectivity index (χ2v) is 9.22. The van der Waals surface area contributed by atoms with E-state index in [1.54, 1.807) is 4.90 Å². The number of hydrogen-bond acceptors (Lipinski definition) is 4. The minimum atomic E-state index is -0.698. The standard InChI is InChI=1S/C27H31N3O4/c1-16(2)15-22(27(33)34-4)29-23(31)13-14-30-25(18-9-5-6-10-19(18)26(30)32)24-17(3)28-21-12-8-7-11-20(21)24/h5-12,16,22,25,28H,13-15H2,1-4H3,(H,29,31). The summed E-state index contributed by atoms with van der Waals surface area (Å²) in [6, 6.07) is 14.7. The first-order chi connectivity index (χ1) is 16.3. The number of nitrogens with zero attached hydrogens (tertiary/aromatic N) is 1. The van der Waals surface area contributed by atoms with Gasteiger partial charge in [-0.1, -0.05) is 50.2 Å². The van der Waals surface area contributed by atoms with Crippen molar-refractivity contribution in [3.05, 3.63) is 70.9 Å². The molecular formula is C27H31N3O4. The van der Waals surface area contributed by atoms with Gasteiger partial charge in [0.2, 0.25) is 5.91 Å². The second-order valence-electron chi connectivity index (χ2n) is 9.22. The van der Waals surface area contributed by atoms with E-state index in [1.807, 2.05) is 63.2 Å². The molecule has 2 aromatic carbocycles. The molecule has 1 aromatic heterocycles. The molecule has 0 spiro atoms. The number of para-hydroxylation sites is 1. The number of amides is 2. The van der Waals surface area contributed by atoms with Crippen LogP contribution in [0.3, 0.4) is 0 Å². The fourth-order valence-corrected chi connectivity index (χ4v) is 4.88. The molecule has 0 fully saturated rings. The molecule has 0 saturated heterocycles. The number of benzene rings is 2. The lowest BCUT2D eigenvalue weighted by atomic mass is 9.95. The van der Waals surface area contributed by atoms with Gasteiger partial charge in [-0.3, -0.25) is 9.59 Å². The molecule has 2 N–H and O–H groups in total. The molecule has 0 radical (unpaired) electrons. The second kappa shape index (κ2) is 9.71. The van der Waals surface area contributed by atoms with Crippen LogP contribution in [0.1, 0.15) is 59.9 Å². The topological polar surface area (TPSA) is 91.5 Å². The number of methoxy groups -OCH3 is 1. The number of aryl methyl sites for hydroxylation is 1. The maximum atomic E-state index is 13.4. The number of rotatable bonds is 8. The third-order valence-corrected chi connectivity index (χ3v) is 6.38. The molecule has 7 heteroatoms. The Morgan fingerprint density at radius 3 is 2.56 bits per heavy atom. The number of aromatic nitrogens is 1. The van der Waals surface area contributed by atoms with Crippen LogP contribution in [-0.4, -0.2) is 47.4 Å². The predicted molar refractivity (Wildman–Crippen MR) is 130 cm³/mol. The SMILES string of the molecule is COC(=O)C(CC(C)C)NC(=O)CCN1C(=O)c2ccccc2C1c1c(C)[nH]c2ccccc12. The number of carbonyl (C=O) groups excluding carboxylic acids is 3. The average molecular weight is 462 g/mol. The van der Waals surface area contributed by atoms with Gasteiger partial charge in [-0.25, -0.2) is 4.79 Å². The van der Waals surface area contributed by atoms with Gasteiger partial charge in [0.05, 0.1) is 13.2 Å². The summed E-state index contributed by atoms with van der Waals surface area (Å²) in [4.78, 5) is 43.5. The smallest absolute Gasteiger partial charge is 0.328 e. The summed E-state index contributed by atoms with van der Waals surface area (Å²) < 4.78 is 4.85. The highest BCUT2D eigenvalue weighted by Crippen LogP contribution is 2.42. The number of hydrogen-bond donors (Lipinski definition) is 2. The van der Waals surface area contributed by atoms with Gasteiger partial charge in [0, 0.05) is 40.7 Å². The van der Waals surface area contributed by atoms with Crippen LogP contribution in [0.2, 0.25) is 0 Å². The Kier molecular flexibility index (Phi) is 6.72. The van der Waals surface area contributed by atoms with E-state index in [2.05, 4.69) is 16.4 Å². The van der Waals surface area contributed by atoms with Gasteiger partial charge in [-0.15, -0.1) is 0 Å². The molecule has 0 bridgehead atoms. The van der Waals surface area contributed by atoms with Gasteiger partial charge in [0.1, 0.15) is 6.04 Å². The highest BCUT2D eigenvalue weighted by molar-refractivity contribution is 6.01. The Labute approximate surface area is 199 Å². The van der Waals surface area contributed by atoms with E-state index in [0.717, 1.165) is 27.7 Å². The fraction of sp³-hybridized carbons (Fsp3) is 0.370. The van der Waals surface area contributed by atoms with E-state index >= 15 is 0 Å². The van der Waals surface area contributed by atoms with Crippen LogP contribution in [0, 0.1) is 12.8 Å². The van der Waals surface area contributed by atoms with Gasteiger partial charge in [-0.05, 0) is 37.0 Å². The first-order valence-electron chi connectivity index (χ1n) is 11.7. The lowest BCUT2D eigenvalue weighted by molar-refractivity contribution is -0.145. The van der Waals surface area contributed by atoms with Crippen LogP contribution >= 0.6 is 0 Å². The Bertz CT molecular complexity index is 1230. The van der Waals surface area contributed by atoms with E-state index in [4.69, 9.17) is 4.74 Å². The Morgan fingerprint density at radius 1 is 1.12 bits per heavy atom. The van der Waals surface area contributed by atoms with Crippen molar-refractivity contribution in [2.24, 2.45) is 5.92 Å². The van der Waals surface area contributed by atoms with Crippen molar-refractivity contribution in [3.63, 3.8) is 0 Å². The van der Waals surface area contributed by atoms with Gasteiger partial charge in [0.15, 0.2) is 0 Å². The van der Waals surface area contributed by atoms with Crippen LogP contribution in [-0.2, 0) is 14.3 Å². The third kappa shape index (κ3) is 4.42. The first-order valence-corrected chi connectivity index (χ1v) is 11.7. The van der Waals surface area contributed by atoms with Gasteiger partial charge >= 0.3 is 5.97 Å². The zero-order valence-electron chi connectivity index (χ0n) is 20.1. The first kappa shape index (κ1) is 23.5. The Hall–Kier alpha value is -3.61. The summed E-state index contributed by atoms with van der Waals surface area (Å²) in [7, 11) is 1.32. The maximum Gasteiger partial charge on any atom is 0.328 e. The molecule has 7 nitrogen and oxygen atoms in total. The summed E-state index contributed by atoms with van der Waals surface area (Å²) in [5.41, 5.74) is 4.64. The van der Waals surface area contributed by atoms with Crippen molar-refractivity contribution in [3.8, 4) is 0 Å². The van der Waals surface area contributed by atoms with E-state index in [0.29, 0.717) is 12.0 Å². The quantitative estimate of drug-likeness (QED) is 0.494. The predicted octanol–water partition coefficient (Wildman–Crippen LogP) is 4.12. The number of aromatic amines is 1. The molecule has 178 valence electrons. The van der Waals surface area contributed by atoms with Crippen molar-refractivity contribution in [2.75, 3.05) is 13.7 Å². The number of H-pyrrole nitrogens is 1. The molecule has 2 atom stereocenters. The summed E-state index contributed by atoms with van der Waals surface area (Å²) in [5.74, 6) is -0.619. The third-order valence-electron chi connectivity index (χ3n) is 6.38. The number of fused-ring (bicyclic) bond motifs is 2. The van der Waals surface area contributed by atoms with Crippen molar-refractivity contribution >= 4 is 28.7 Å². The summed E-state index contributed by atoms with van der Waals surface area (Å²) in [5, 5.41) is 3.85. The molecule has 2 amide bonds. The monoisotopic (exact) mass is 461 g/mol. The van der Waals surface area contributed by atoms with Crippen molar-refractivity contribution in [2.45, 2.75) is 45.7 Å². The number of nitrogens with one attached hydrogen (secondary N) is 2. The van der Waals surface area contributed by atoms with Crippen LogP contribution < -0.4 is 5.32 Å². The van der Waals surface area contributed by atoms with Crippen LogP contribution in [0.5, 0.6) is 0 Å². The Morgan fingerprint density at radius 2 is 1.82 bits per heavy atom. The molecule has 1 aliphatic heterocycles. The lowest BCUT2D eigenvalue weighted by Gasteiger charge is -2.26. The molecular weight excluding hydrogens is 430 g/mol. The summed E-state index contributed by atoms with van der Waals surface area (Å²) in [6.07, 6.45) is 0.576. The minimum absolute atomic E-state index is 0.0865. The average Bonchev–Trinajstić information content (AvgIpc) is 3.29. The lowest BCUT2D eigenvalue weighted by Crippen LogP contribution is -2.43. The molecule has 4 rings (SSSR count). The molecule has 34 heavy (non-hydrogen) atoms. The van der Waals surface area contributed by atoms with Crippen LogP contribution in [0.4, 0.5) is 0 Å². The zero-order chi connectivity index (χ0) is 24.4. The molecule has 0 aliphatic carbocycles. The van der Waals surface area contributed by atoms with E-state index in [9.17, 15) is 14.4 Å². The van der Waals surface area contributed by atoms with E-state index in [-0.39, 0.29) is 36.7 Å². The molecule has 2 unspecified atom stereocenters. The molecule has 0 saturated carbocycles. The van der Waals surface area contributed by atoms with Gasteiger partial charge in [-0.2, -0.15) is 0 Å². The normalized spacial score (nSPS) is 16.1. The largest absolute Gasteiger partial charge is 0.467 e. The number of ether oxygens (including phenoxy) is 1. The Balaban J connectivity index is 1.60. The van der Waals surface area contributed by atoms with Crippen molar-refractivity contribution in [1.82, 2.24) is 15.2 Å². The molecule has 2 heterocycles. The van der Waals surface area contributed by atoms with Crippen LogP contribution in [0.15, 0.2) is 48.5 Å². The van der Waals surface area contributed by atoms with E-state index < -0.39 is 12.0 Å². The highest BCUT2D eigenvalue weighted by atomic mass is 16.5. The molecule has 3 aromatic rings. The highest BCUT2D eigenvalue weighted by Gasteiger charge is 2.39. The summed E-state index contributed by atoms with van der Waals surface area (Å²) >= 11 is 0. The van der Waals surface area contributed by atoms with Crippen molar-refractivity contribution < 1.29 is 19.1 Å². The van der Waals surface area contributed by atoms with Crippen LogP contribution in [0.25, 0.3) is 10.9 Å². The minimum Gasteiger partial charge on any atom is -0.467 e. The fourth-order valence-electron chi connectivity index (χ4n) is 4.88. The number of carbonyl (C=O) groups is 3. The van der Waals surface area contributed by atoms with Gasteiger partial charge < -0.3 is 19.9 Å². The molecule has 1 aliphatic rings. The maximum absolute atomic E-state index is 13.4. The number of esters is 1. The van der Waals surface area contributed by atoms with Crippen molar-refractivity contribution in [1.29, 1.82) is 0 Å². The summed E-state index contributed by atoms with van der Waals surface area (Å²) in [6.45, 7) is 6.21. The zero-order valence-corrected chi connectivity index (χ0v) is 20.1. The van der Waals surface area contributed by atoms with E-state index in [1.165, 1.54) is 7.11 Å². The van der Waals surface area contributed by atoms with Gasteiger partial charge in [0.25, 0.3) is 5.91 Å².